The van der Waals surface area contributed by atoms with Gasteiger partial charge in [-0.05, 0) is 19.3 Å². The first kappa shape index (κ1) is 11.0. The smallest absolute Gasteiger partial charge is 0.309 e. The third kappa shape index (κ3) is 3.77. The highest BCUT2D eigenvalue weighted by Crippen LogP contribution is 2.10. The van der Waals surface area contributed by atoms with E-state index in [1.165, 1.54) is 0 Å². The van der Waals surface area contributed by atoms with Gasteiger partial charge in [-0.1, -0.05) is 6.42 Å². The van der Waals surface area contributed by atoms with Crippen LogP contribution in [0, 0.1) is 0 Å². The Morgan fingerprint density at radius 3 is 3.00 bits per heavy atom. The van der Waals surface area contributed by atoms with Crippen molar-refractivity contribution < 1.29 is 9.59 Å². The highest BCUT2D eigenvalue weighted by molar-refractivity contribution is 5.76. The lowest BCUT2D eigenvalue weighted by Crippen LogP contribution is -2.32. The fraction of sp³-hybridized carbons (Fsp3) is 0.800. The zero-order valence-corrected chi connectivity index (χ0v) is 8.42. The van der Waals surface area contributed by atoms with Gasteiger partial charge in [0.05, 0.1) is 0 Å². The van der Waals surface area contributed by atoms with Crippen LogP contribution in [0.3, 0.4) is 0 Å². The summed E-state index contributed by atoms with van der Waals surface area (Å²) in [5.74, 6) is 0.262. The first-order valence-electron chi connectivity index (χ1n) is 5.22. The van der Waals surface area contributed by atoms with Crippen molar-refractivity contribution >= 4 is 12.3 Å². The van der Waals surface area contributed by atoms with Crippen LogP contribution in [0.2, 0.25) is 0 Å². The Balaban J connectivity index is 2.19. The largest absolute Gasteiger partial charge is 0.348 e. The number of amides is 2. The summed E-state index contributed by atoms with van der Waals surface area (Å²) in [5, 5.41) is 2.47. The van der Waals surface area contributed by atoms with Gasteiger partial charge in [0.1, 0.15) is 0 Å². The van der Waals surface area contributed by atoms with Gasteiger partial charge in [-0.15, -0.1) is 0 Å². The van der Waals surface area contributed by atoms with Crippen LogP contribution in [-0.2, 0) is 9.59 Å². The monoisotopic (exact) mass is 197 g/mol. The lowest BCUT2D eigenvalue weighted by molar-refractivity contribution is -0.130. The van der Waals surface area contributed by atoms with E-state index in [1.807, 2.05) is 4.90 Å². The van der Waals surface area contributed by atoms with Crippen molar-refractivity contribution in [2.24, 2.45) is 0 Å². The predicted octanol–water partition coefficient (Wildman–Crippen LogP) is 0.436. The van der Waals surface area contributed by atoms with Gasteiger partial charge in [0.25, 0.3) is 0 Å². The van der Waals surface area contributed by atoms with Crippen molar-refractivity contribution in [3.05, 3.63) is 0 Å². The molecule has 1 fully saturated rings. The molecular formula is C10H17N2O2. The third-order valence-electron chi connectivity index (χ3n) is 2.47. The fourth-order valence-electron chi connectivity index (χ4n) is 1.68. The van der Waals surface area contributed by atoms with Gasteiger partial charge in [-0.3, -0.25) is 9.59 Å². The molecule has 1 aliphatic rings. The third-order valence-corrected chi connectivity index (χ3v) is 2.47. The number of carbonyl (C=O) groups excluding carboxylic acids is 2. The molecule has 0 aromatic carbocycles. The van der Waals surface area contributed by atoms with Gasteiger partial charge in [-0.25, -0.2) is 0 Å². The van der Waals surface area contributed by atoms with Crippen LogP contribution in [0.1, 0.15) is 32.1 Å². The summed E-state index contributed by atoms with van der Waals surface area (Å²) >= 11 is 0. The summed E-state index contributed by atoms with van der Waals surface area (Å²) in [7, 11) is 0. The summed E-state index contributed by atoms with van der Waals surface area (Å²) in [6, 6.07) is 0. The Kier molecular flexibility index (Phi) is 5.04. The van der Waals surface area contributed by atoms with E-state index >= 15 is 0 Å². The van der Waals surface area contributed by atoms with Gasteiger partial charge in [0, 0.05) is 26.1 Å². The van der Waals surface area contributed by atoms with Crippen molar-refractivity contribution in [2.75, 3.05) is 19.6 Å². The molecular weight excluding hydrogens is 180 g/mol. The normalized spacial score (nSPS) is 17.7. The van der Waals surface area contributed by atoms with E-state index in [1.54, 1.807) is 6.41 Å². The Morgan fingerprint density at radius 1 is 1.36 bits per heavy atom. The molecule has 1 heterocycles. The predicted molar refractivity (Wildman–Crippen MR) is 53.4 cm³/mol. The molecule has 1 radical (unpaired) electrons. The Labute approximate surface area is 84.7 Å². The Hall–Kier alpha value is -1.06. The maximum atomic E-state index is 11.5. The SMILES string of the molecule is O=[C]NCCCN1CCCCCC1=O. The van der Waals surface area contributed by atoms with Crippen LogP contribution < -0.4 is 5.32 Å². The molecule has 0 aromatic rings. The van der Waals surface area contributed by atoms with Gasteiger partial charge in [0.15, 0.2) is 0 Å². The second-order valence-corrected chi connectivity index (χ2v) is 3.57. The molecule has 14 heavy (non-hydrogen) atoms. The number of nitrogens with zero attached hydrogens (tertiary/aromatic N) is 1. The van der Waals surface area contributed by atoms with Crippen molar-refractivity contribution in [3.63, 3.8) is 0 Å². The zero-order chi connectivity index (χ0) is 10.2. The minimum atomic E-state index is 0.262. The number of likely N-dealkylation sites (tertiary alicyclic amines) is 1. The molecule has 79 valence electrons. The van der Waals surface area contributed by atoms with Crippen molar-refractivity contribution in [2.45, 2.75) is 32.1 Å². The number of rotatable bonds is 5. The molecule has 0 unspecified atom stereocenters. The average Bonchev–Trinajstić information content (AvgIpc) is 2.39. The molecule has 0 atom stereocenters. The lowest BCUT2D eigenvalue weighted by atomic mass is 10.2. The lowest BCUT2D eigenvalue weighted by Gasteiger charge is -2.19. The topological polar surface area (TPSA) is 49.4 Å². The standard InChI is InChI=1S/C10H17N2O2/c13-9-11-6-4-8-12-7-3-1-2-5-10(12)14/h1-8H2,(H,11,13). The molecule has 1 rings (SSSR count). The number of carbonyl (C=O) groups is 1. The first-order valence-corrected chi connectivity index (χ1v) is 5.22. The van der Waals surface area contributed by atoms with Crippen LogP contribution in [0.5, 0.6) is 0 Å². The van der Waals surface area contributed by atoms with E-state index in [0.29, 0.717) is 13.0 Å². The second-order valence-electron chi connectivity index (χ2n) is 3.57. The summed E-state index contributed by atoms with van der Waals surface area (Å²) < 4.78 is 0. The quantitative estimate of drug-likeness (QED) is 0.513. The van der Waals surface area contributed by atoms with E-state index in [9.17, 15) is 9.59 Å². The zero-order valence-electron chi connectivity index (χ0n) is 8.42. The van der Waals surface area contributed by atoms with Crippen LogP contribution in [0.25, 0.3) is 0 Å². The van der Waals surface area contributed by atoms with E-state index in [4.69, 9.17) is 0 Å². The maximum absolute atomic E-state index is 11.5. The molecule has 0 bridgehead atoms. The molecule has 2 amide bonds. The van der Waals surface area contributed by atoms with Gasteiger partial charge in [0.2, 0.25) is 5.91 Å². The molecule has 0 aliphatic carbocycles. The number of nitrogens with one attached hydrogen (secondary N) is 1. The van der Waals surface area contributed by atoms with Gasteiger partial charge in [-0.2, -0.15) is 0 Å². The van der Waals surface area contributed by atoms with Crippen LogP contribution in [0.15, 0.2) is 0 Å². The van der Waals surface area contributed by atoms with Crippen molar-refractivity contribution in [1.29, 1.82) is 0 Å². The first-order chi connectivity index (χ1) is 6.84. The summed E-state index contributed by atoms with van der Waals surface area (Å²) in [6.45, 7) is 2.24. The van der Waals surface area contributed by atoms with E-state index < -0.39 is 0 Å². The average molecular weight is 197 g/mol. The molecule has 1 saturated heterocycles. The van der Waals surface area contributed by atoms with Crippen molar-refractivity contribution in [1.82, 2.24) is 10.2 Å². The minimum absolute atomic E-state index is 0.262. The summed E-state index contributed by atoms with van der Waals surface area (Å²) in [6.07, 6.45) is 6.42. The van der Waals surface area contributed by atoms with Gasteiger partial charge >= 0.3 is 6.41 Å². The van der Waals surface area contributed by atoms with Gasteiger partial charge < -0.3 is 10.2 Å². The second kappa shape index (κ2) is 6.40. The summed E-state index contributed by atoms with van der Waals surface area (Å²) in [4.78, 5) is 23.3. The van der Waals surface area contributed by atoms with Crippen LogP contribution >= 0.6 is 0 Å². The van der Waals surface area contributed by atoms with Crippen molar-refractivity contribution in [3.8, 4) is 0 Å². The molecule has 0 saturated carbocycles. The fourth-order valence-corrected chi connectivity index (χ4v) is 1.68. The molecule has 1 N–H and O–H groups in total. The Morgan fingerprint density at radius 2 is 2.21 bits per heavy atom. The van der Waals surface area contributed by atoms with E-state index in [-0.39, 0.29) is 5.91 Å². The molecule has 4 heteroatoms. The highest BCUT2D eigenvalue weighted by atomic mass is 16.2. The molecule has 4 nitrogen and oxygen atoms in total. The Bertz CT molecular complexity index is 195. The van der Waals surface area contributed by atoms with E-state index in [0.717, 1.165) is 38.8 Å². The van der Waals surface area contributed by atoms with Crippen LogP contribution in [0.4, 0.5) is 0 Å². The van der Waals surface area contributed by atoms with Crippen LogP contribution in [-0.4, -0.2) is 36.9 Å². The maximum Gasteiger partial charge on any atom is 0.309 e. The highest BCUT2D eigenvalue weighted by Gasteiger charge is 2.15. The summed E-state index contributed by atoms with van der Waals surface area (Å²) in [5.41, 5.74) is 0. The minimum Gasteiger partial charge on any atom is -0.348 e. The number of hydrogen-bond acceptors (Lipinski definition) is 2. The molecule has 0 spiro atoms. The van der Waals surface area contributed by atoms with E-state index in [2.05, 4.69) is 5.32 Å². The number of hydrogen-bond donors (Lipinski definition) is 1. The molecule has 0 aromatic heterocycles. The molecule has 1 aliphatic heterocycles.